The largest absolute Gasteiger partial charge is 0.497 e. The van der Waals surface area contributed by atoms with Crippen LogP contribution in [0.5, 0.6) is 5.75 Å². The van der Waals surface area contributed by atoms with Crippen molar-refractivity contribution in [1.29, 1.82) is 0 Å². The minimum absolute atomic E-state index is 0.473. The molecule has 0 saturated carbocycles. The second kappa shape index (κ2) is 5.13. The molecule has 2 aromatic carbocycles. The summed E-state index contributed by atoms with van der Waals surface area (Å²) in [5.74, 6) is 1.74. The summed E-state index contributed by atoms with van der Waals surface area (Å²) >= 11 is 0. The van der Waals surface area contributed by atoms with Crippen molar-refractivity contribution in [1.82, 2.24) is 9.55 Å². The zero-order valence-corrected chi connectivity index (χ0v) is 12.5. The van der Waals surface area contributed by atoms with Crippen LogP contribution in [0.4, 0.5) is 5.95 Å². The number of imidazole rings is 1. The third-order valence-electron chi connectivity index (χ3n) is 3.68. The summed E-state index contributed by atoms with van der Waals surface area (Å²) in [6.45, 7) is 4.36. The highest BCUT2D eigenvalue weighted by Gasteiger charge is 2.11. The van der Waals surface area contributed by atoms with Gasteiger partial charge in [0.25, 0.3) is 0 Å². The molecule has 108 valence electrons. The first-order chi connectivity index (χ1) is 10.1. The van der Waals surface area contributed by atoms with Gasteiger partial charge in [-0.2, -0.15) is 0 Å². The first-order valence-electron chi connectivity index (χ1n) is 7.02. The first-order valence-corrected chi connectivity index (χ1v) is 7.02. The molecule has 1 heterocycles. The Morgan fingerprint density at radius 1 is 1.14 bits per heavy atom. The van der Waals surface area contributed by atoms with Crippen molar-refractivity contribution in [2.45, 2.75) is 19.8 Å². The number of benzene rings is 2. The number of methoxy groups -OCH3 is 1. The van der Waals surface area contributed by atoms with Crippen LogP contribution in [-0.2, 0) is 0 Å². The number of ether oxygens (including phenoxy) is 1. The Morgan fingerprint density at radius 2 is 1.95 bits per heavy atom. The zero-order chi connectivity index (χ0) is 15.0. The number of nitrogen functional groups attached to an aromatic ring is 1. The number of nitrogens with zero attached hydrogens (tertiary/aromatic N) is 2. The second-order valence-electron chi connectivity index (χ2n) is 5.41. The van der Waals surface area contributed by atoms with Crippen molar-refractivity contribution in [2.24, 2.45) is 0 Å². The Labute approximate surface area is 124 Å². The van der Waals surface area contributed by atoms with Gasteiger partial charge in [-0.1, -0.05) is 26.0 Å². The van der Waals surface area contributed by atoms with E-state index in [1.54, 1.807) is 7.11 Å². The van der Waals surface area contributed by atoms with E-state index in [1.165, 1.54) is 5.56 Å². The Hall–Kier alpha value is -2.49. The van der Waals surface area contributed by atoms with Gasteiger partial charge in [0.05, 0.1) is 18.1 Å². The molecule has 4 nitrogen and oxygen atoms in total. The molecule has 0 aliphatic carbocycles. The average molecular weight is 281 g/mol. The molecule has 3 rings (SSSR count). The topological polar surface area (TPSA) is 53.1 Å². The summed E-state index contributed by atoms with van der Waals surface area (Å²) in [5, 5.41) is 0. The third-order valence-corrected chi connectivity index (χ3v) is 3.68. The van der Waals surface area contributed by atoms with Crippen molar-refractivity contribution in [3.8, 4) is 11.4 Å². The summed E-state index contributed by atoms with van der Waals surface area (Å²) in [6, 6.07) is 14.2. The molecule has 0 amide bonds. The molecule has 0 saturated heterocycles. The van der Waals surface area contributed by atoms with Gasteiger partial charge in [-0.25, -0.2) is 4.98 Å². The highest BCUT2D eigenvalue weighted by molar-refractivity contribution is 5.82. The van der Waals surface area contributed by atoms with Crippen LogP contribution in [0.25, 0.3) is 16.7 Å². The van der Waals surface area contributed by atoms with Crippen LogP contribution in [0.15, 0.2) is 42.5 Å². The summed E-state index contributed by atoms with van der Waals surface area (Å²) in [4.78, 5) is 4.43. The molecule has 0 aliphatic rings. The molecule has 2 N–H and O–H groups in total. The number of hydrogen-bond donors (Lipinski definition) is 1. The number of rotatable bonds is 3. The van der Waals surface area contributed by atoms with E-state index >= 15 is 0 Å². The van der Waals surface area contributed by atoms with Crippen LogP contribution in [0.2, 0.25) is 0 Å². The van der Waals surface area contributed by atoms with E-state index in [0.29, 0.717) is 11.9 Å². The molecule has 0 unspecified atom stereocenters. The molecule has 21 heavy (non-hydrogen) atoms. The lowest BCUT2D eigenvalue weighted by Crippen LogP contribution is -2.01. The molecule has 0 bridgehead atoms. The molecule has 0 aliphatic heterocycles. The summed E-state index contributed by atoms with van der Waals surface area (Å²) in [5.41, 5.74) is 10.2. The van der Waals surface area contributed by atoms with Crippen molar-refractivity contribution < 1.29 is 4.74 Å². The molecular formula is C17H19N3O. The smallest absolute Gasteiger partial charge is 0.205 e. The Bertz CT molecular complexity index is 790. The van der Waals surface area contributed by atoms with E-state index in [9.17, 15) is 0 Å². The molecular weight excluding hydrogens is 262 g/mol. The second-order valence-corrected chi connectivity index (χ2v) is 5.41. The minimum Gasteiger partial charge on any atom is -0.497 e. The van der Waals surface area contributed by atoms with Crippen LogP contribution < -0.4 is 10.5 Å². The Kier molecular flexibility index (Phi) is 3.29. The highest BCUT2D eigenvalue weighted by atomic mass is 16.5. The van der Waals surface area contributed by atoms with Gasteiger partial charge in [-0.3, -0.25) is 4.57 Å². The Morgan fingerprint density at radius 3 is 2.67 bits per heavy atom. The number of hydrogen-bond acceptors (Lipinski definition) is 3. The number of fused-ring (bicyclic) bond motifs is 1. The molecule has 0 atom stereocenters. The maximum absolute atomic E-state index is 6.11. The molecule has 0 spiro atoms. The van der Waals surface area contributed by atoms with Gasteiger partial charge in [0, 0.05) is 11.8 Å². The number of nitrogens with two attached hydrogens (primary N) is 1. The van der Waals surface area contributed by atoms with Gasteiger partial charge in [-0.05, 0) is 35.7 Å². The van der Waals surface area contributed by atoms with Crippen LogP contribution >= 0.6 is 0 Å². The van der Waals surface area contributed by atoms with Crippen molar-refractivity contribution >= 4 is 17.0 Å². The van der Waals surface area contributed by atoms with E-state index in [2.05, 4.69) is 37.0 Å². The lowest BCUT2D eigenvalue weighted by molar-refractivity contribution is 0.415. The van der Waals surface area contributed by atoms with Gasteiger partial charge < -0.3 is 10.5 Å². The van der Waals surface area contributed by atoms with E-state index in [1.807, 2.05) is 28.8 Å². The normalized spacial score (nSPS) is 11.2. The van der Waals surface area contributed by atoms with Gasteiger partial charge in [0.1, 0.15) is 5.75 Å². The predicted octanol–water partition coefficient (Wildman–Crippen LogP) is 3.74. The number of anilines is 1. The maximum Gasteiger partial charge on any atom is 0.205 e. The Balaban J connectivity index is 2.20. The third kappa shape index (κ3) is 2.33. The molecule has 3 aromatic rings. The molecule has 0 radical (unpaired) electrons. The molecule has 4 heteroatoms. The van der Waals surface area contributed by atoms with Gasteiger partial charge in [0.2, 0.25) is 5.95 Å². The lowest BCUT2D eigenvalue weighted by atomic mass is 10.0. The van der Waals surface area contributed by atoms with E-state index in [4.69, 9.17) is 10.5 Å². The fraction of sp³-hybridized carbons (Fsp3) is 0.235. The summed E-state index contributed by atoms with van der Waals surface area (Å²) in [6.07, 6.45) is 0. The summed E-state index contributed by atoms with van der Waals surface area (Å²) in [7, 11) is 1.65. The SMILES string of the molecule is COc1ccc2c(c1)nc(N)n2-c1cccc(C(C)C)c1. The van der Waals surface area contributed by atoms with E-state index < -0.39 is 0 Å². The minimum atomic E-state index is 0.473. The highest BCUT2D eigenvalue weighted by Crippen LogP contribution is 2.27. The van der Waals surface area contributed by atoms with E-state index in [-0.39, 0.29) is 0 Å². The van der Waals surface area contributed by atoms with Gasteiger partial charge in [0.15, 0.2) is 0 Å². The maximum atomic E-state index is 6.11. The number of aromatic nitrogens is 2. The van der Waals surface area contributed by atoms with Crippen LogP contribution in [0.3, 0.4) is 0 Å². The lowest BCUT2D eigenvalue weighted by Gasteiger charge is -2.11. The zero-order valence-electron chi connectivity index (χ0n) is 12.5. The monoisotopic (exact) mass is 281 g/mol. The fourth-order valence-corrected chi connectivity index (χ4v) is 2.50. The fourth-order valence-electron chi connectivity index (χ4n) is 2.50. The van der Waals surface area contributed by atoms with Crippen LogP contribution in [0.1, 0.15) is 25.3 Å². The first kappa shape index (κ1) is 13.5. The van der Waals surface area contributed by atoms with Crippen LogP contribution in [-0.4, -0.2) is 16.7 Å². The standard InChI is InChI=1S/C17H19N3O/c1-11(2)12-5-4-6-13(9-12)20-16-8-7-14(21-3)10-15(16)19-17(20)18/h4-11H,1-3H3,(H2,18,19). The summed E-state index contributed by atoms with van der Waals surface area (Å²) < 4.78 is 7.21. The van der Waals surface area contributed by atoms with Crippen LogP contribution in [0, 0.1) is 0 Å². The van der Waals surface area contributed by atoms with Gasteiger partial charge >= 0.3 is 0 Å². The van der Waals surface area contributed by atoms with Crippen molar-refractivity contribution in [3.63, 3.8) is 0 Å². The molecule has 0 fully saturated rings. The quantitative estimate of drug-likeness (QED) is 0.795. The van der Waals surface area contributed by atoms with E-state index in [0.717, 1.165) is 22.5 Å². The predicted molar refractivity (Wildman–Crippen MR) is 86.1 cm³/mol. The van der Waals surface area contributed by atoms with Crippen molar-refractivity contribution in [3.05, 3.63) is 48.0 Å². The van der Waals surface area contributed by atoms with Gasteiger partial charge in [-0.15, -0.1) is 0 Å². The average Bonchev–Trinajstić information content (AvgIpc) is 2.82. The molecule has 1 aromatic heterocycles. The van der Waals surface area contributed by atoms with Crippen molar-refractivity contribution in [2.75, 3.05) is 12.8 Å².